The lowest BCUT2D eigenvalue weighted by Crippen LogP contribution is -2.52. The summed E-state index contributed by atoms with van der Waals surface area (Å²) in [5, 5.41) is 17.1. The van der Waals surface area contributed by atoms with E-state index < -0.39 is 18.2 Å². The molecule has 0 radical (unpaired) electrons. The van der Waals surface area contributed by atoms with E-state index in [-0.39, 0.29) is 17.6 Å². The molecule has 0 saturated heterocycles. The van der Waals surface area contributed by atoms with E-state index in [0.717, 1.165) is 11.1 Å². The predicted molar refractivity (Wildman–Crippen MR) is 103 cm³/mol. The number of hydrogen-bond donors (Lipinski definition) is 3. The molecule has 2 aromatic rings. The molecule has 1 heterocycles. The molecule has 146 valence electrons. The van der Waals surface area contributed by atoms with Crippen LogP contribution in [-0.4, -0.2) is 35.8 Å². The average molecular weight is 382 g/mol. The lowest BCUT2D eigenvalue weighted by Gasteiger charge is -2.35. The highest BCUT2D eigenvalue weighted by Crippen LogP contribution is 2.46. The zero-order valence-electron chi connectivity index (χ0n) is 15.6. The lowest BCUT2D eigenvalue weighted by molar-refractivity contribution is -0.118. The molecule has 1 aliphatic heterocycles. The van der Waals surface area contributed by atoms with Crippen molar-refractivity contribution in [2.45, 2.75) is 37.6 Å². The molecular formula is C22H23FN2O3. The summed E-state index contributed by atoms with van der Waals surface area (Å²) in [5.41, 5.74) is 2.40. The van der Waals surface area contributed by atoms with Gasteiger partial charge in [-0.25, -0.2) is 4.39 Å². The highest BCUT2D eigenvalue weighted by atomic mass is 19.1. The van der Waals surface area contributed by atoms with Gasteiger partial charge in [0.1, 0.15) is 23.8 Å². The average Bonchev–Trinajstić information content (AvgIpc) is 3.09. The molecule has 1 aliphatic carbocycles. The van der Waals surface area contributed by atoms with Crippen molar-refractivity contribution in [3.8, 4) is 5.75 Å². The first-order chi connectivity index (χ1) is 13.6. The third-order valence-electron chi connectivity index (χ3n) is 5.30. The number of rotatable bonds is 5. The Bertz CT molecular complexity index is 897. The Kier molecular flexibility index (Phi) is 5.15. The molecule has 0 aromatic heterocycles. The van der Waals surface area contributed by atoms with Crippen LogP contribution < -0.4 is 15.4 Å². The highest BCUT2D eigenvalue weighted by Gasteiger charge is 2.48. The van der Waals surface area contributed by atoms with E-state index in [2.05, 4.69) is 10.6 Å². The quantitative estimate of drug-likeness (QED) is 0.742. The van der Waals surface area contributed by atoms with Crippen LogP contribution in [0.25, 0.3) is 0 Å². The Morgan fingerprint density at radius 2 is 1.93 bits per heavy atom. The van der Waals surface area contributed by atoms with Crippen molar-refractivity contribution in [2.75, 3.05) is 6.54 Å². The summed E-state index contributed by atoms with van der Waals surface area (Å²) in [5.74, 6) is -0.0503. The lowest BCUT2D eigenvalue weighted by atomic mass is 9.78. The van der Waals surface area contributed by atoms with Gasteiger partial charge < -0.3 is 20.5 Å². The van der Waals surface area contributed by atoms with Crippen LogP contribution in [0.5, 0.6) is 5.75 Å². The van der Waals surface area contributed by atoms with E-state index in [9.17, 15) is 14.3 Å². The zero-order chi connectivity index (χ0) is 19.7. The second kappa shape index (κ2) is 7.73. The molecule has 0 fully saturated rings. The zero-order valence-corrected chi connectivity index (χ0v) is 15.6. The topological polar surface area (TPSA) is 70.6 Å². The summed E-state index contributed by atoms with van der Waals surface area (Å²) in [7, 11) is 0. The first-order valence-electron chi connectivity index (χ1n) is 9.50. The van der Waals surface area contributed by atoms with Crippen LogP contribution in [0.15, 0.2) is 60.2 Å². The molecular weight excluding hydrogens is 359 g/mol. The molecule has 1 amide bonds. The summed E-state index contributed by atoms with van der Waals surface area (Å²) in [6.45, 7) is 2.83. The summed E-state index contributed by atoms with van der Waals surface area (Å²) >= 11 is 0. The molecule has 4 rings (SSSR count). The minimum Gasteiger partial charge on any atom is -0.486 e. The maximum absolute atomic E-state index is 13.1. The van der Waals surface area contributed by atoms with Gasteiger partial charge >= 0.3 is 0 Å². The number of para-hydroxylation sites is 1. The molecule has 6 heteroatoms. The second-order valence-corrected chi connectivity index (χ2v) is 7.10. The van der Waals surface area contributed by atoms with Crippen LogP contribution in [0.2, 0.25) is 0 Å². The van der Waals surface area contributed by atoms with Crippen LogP contribution in [0, 0.1) is 5.82 Å². The van der Waals surface area contributed by atoms with Gasteiger partial charge in [-0.2, -0.15) is 0 Å². The SMILES string of the molecule is CCNC(=O)C1=C[C@@H](NCc2ccc(F)cc2)[C@H](O)[C@H]2Oc3ccccc3[C@@H]12. The third-order valence-corrected chi connectivity index (χ3v) is 5.30. The number of benzene rings is 2. The maximum Gasteiger partial charge on any atom is 0.247 e. The molecule has 0 unspecified atom stereocenters. The Hall–Kier alpha value is -2.70. The van der Waals surface area contributed by atoms with Gasteiger partial charge in [0.25, 0.3) is 0 Å². The monoisotopic (exact) mass is 382 g/mol. The molecule has 2 aromatic carbocycles. The van der Waals surface area contributed by atoms with Gasteiger partial charge in [0, 0.05) is 24.2 Å². The van der Waals surface area contributed by atoms with Crippen molar-refractivity contribution >= 4 is 5.91 Å². The number of nitrogens with one attached hydrogen (secondary N) is 2. The number of carbonyl (C=O) groups is 1. The number of ether oxygens (including phenoxy) is 1. The van der Waals surface area contributed by atoms with Gasteiger partial charge in [0.15, 0.2) is 0 Å². The summed E-state index contributed by atoms with van der Waals surface area (Å²) < 4.78 is 19.1. The summed E-state index contributed by atoms with van der Waals surface area (Å²) in [4.78, 5) is 12.7. The van der Waals surface area contributed by atoms with Gasteiger partial charge in [-0.3, -0.25) is 4.79 Å². The van der Waals surface area contributed by atoms with Gasteiger partial charge in [-0.05, 0) is 30.7 Å². The molecule has 5 nitrogen and oxygen atoms in total. The van der Waals surface area contributed by atoms with Crippen LogP contribution in [0.4, 0.5) is 4.39 Å². The molecule has 4 atom stereocenters. The Balaban J connectivity index is 1.62. The number of carbonyl (C=O) groups excluding carboxylic acids is 1. The van der Waals surface area contributed by atoms with Crippen molar-refractivity contribution in [2.24, 2.45) is 0 Å². The van der Waals surface area contributed by atoms with Crippen molar-refractivity contribution in [3.63, 3.8) is 0 Å². The van der Waals surface area contributed by atoms with Crippen molar-refractivity contribution in [1.29, 1.82) is 0 Å². The van der Waals surface area contributed by atoms with E-state index in [4.69, 9.17) is 4.74 Å². The van der Waals surface area contributed by atoms with Gasteiger partial charge in [0.05, 0.1) is 12.0 Å². The maximum atomic E-state index is 13.1. The van der Waals surface area contributed by atoms with E-state index in [0.29, 0.717) is 24.4 Å². The fourth-order valence-electron chi connectivity index (χ4n) is 3.95. The van der Waals surface area contributed by atoms with Crippen molar-refractivity contribution in [3.05, 3.63) is 77.1 Å². The van der Waals surface area contributed by atoms with E-state index in [1.807, 2.05) is 31.2 Å². The molecule has 28 heavy (non-hydrogen) atoms. The fourth-order valence-corrected chi connectivity index (χ4v) is 3.95. The first kappa shape index (κ1) is 18.7. The van der Waals surface area contributed by atoms with Crippen LogP contribution >= 0.6 is 0 Å². The van der Waals surface area contributed by atoms with E-state index in [1.54, 1.807) is 18.2 Å². The Morgan fingerprint density at radius 1 is 1.18 bits per heavy atom. The van der Waals surface area contributed by atoms with Gasteiger partial charge in [0.2, 0.25) is 5.91 Å². The number of aliphatic hydroxyl groups excluding tert-OH is 1. The predicted octanol–water partition coefficient (Wildman–Crippen LogP) is 2.27. The number of aliphatic hydroxyl groups is 1. The Morgan fingerprint density at radius 3 is 2.68 bits per heavy atom. The highest BCUT2D eigenvalue weighted by molar-refractivity contribution is 5.96. The third kappa shape index (κ3) is 3.41. The Labute approximate surface area is 163 Å². The van der Waals surface area contributed by atoms with Gasteiger partial charge in [-0.1, -0.05) is 36.4 Å². The van der Waals surface area contributed by atoms with Gasteiger partial charge in [-0.15, -0.1) is 0 Å². The second-order valence-electron chi connectivity index (χ2n) is 7.10. The molecule has 0 saturated carbocycles. The number of amides is 1. The number of likely N-dealkylation sites (N-methyl/N-ethyl adjacent to an activating group) is 1. The van der Waals surface area contributed by atoms with E-state index in [1.165, 1.54) is 12.1 Å². The molecule has 0 spiro atoms. The normalized spacial score (nSPS) is 25.3. The molecule has 2 aliphatic rings. The summed E-state index contributed by atoms with van der Waals surface area (Å²) in [6.07, 6.45) is 0.438. The smallest absolute Gasteiger partial charge is 0.247 e. The minimum absolute atomic E-state index is 0.154. The molecule has 0 bridgehead atoms. The van der Waals surface area contributed by atoms with Crippen molar-refractivity contribution in [1.82, 2.24) is 10.6 Å². The molecule has 3 N–H and O–H groups in total. The standard InChI is InChI=1S/C22H23FN2O3/c1-2-24-22(27)16-11-17(25-12-13-7-9-14(23)10-8-13)20(26)21-19(16)15-5-3-4-6-18(15)28-21/h3-11,17,19-21,25-26H,2,12H2,1H3,(H,24,27)/t17-,19+,20+,21+/m1/s1. The van der Waals surface area contributed by atoms with Crippen LogP contribution in [-0.2, 0) is 11.3 Å². The number of hydrogen-bond acceptors (Lipinski definition) is 4. The number of fused-ring (bicyclic) bond motifs is 3. The van der Waals surface area contributed by atoms with Crippen molar-refractivity contribution < 1.29 is 19.0 Å². The van der Waals surface area contributed by atoms with Crippen LogP contribution in [0.3, 0.4) is 0 Å². The summed E-state index contributed by atoms with van der Waals surface area (Å²) in [6, 6.07) is 13.3. The van der Waals surface area contributed by atoms with Crippen LogP contribution in [0.1, 0.15) is 24.0 Å². The number of halogens is 1. The van der Waals surface area contributed by atoms with E-state index >= 15 is 0 Å². The fraction of sp³-hybridized carbons (Fsp3) is 0.318. The largest absolute Gasteiger partial charge is 0.486 e. The first-order valence-corrected chi connectivity index (χ1v) is 9.50. The minimum atomic E-state index is -0.823.